The first kappa shape index (κ1) is 21.1. The lowest BCUT2D eigenvalue weighted by atomic mass is 10.2. The van der Waals surface area contributed by atoms with Crippen LogP contribution in [-0.4, -0.2) is 49.4 Å². The molecule has 2 fully saturated rings. The van der Waals surface area contributed by atoms with E-state index < -0.39 is 24.0 Å². The van der Waals surface area contributed by atoms with Crippen molar-refractivity contribution >= 4 is 17.9 Å². The molecule has 0 spiro atoms. The molecule has 8 heteroatoms. The smallest absolute Gasteiger partial charge is 0.338 e. The van der Waals surface area contributed by atoms with Crippen LogP contribution < -0.4 is 15.4 Å². The fourth-order valence-electron chi connectivity index (χ4n) is 3.44. The van der Waals surface area contributed by atoms with E-state index in [1.165, 1.54) is 6.92 Å². The Balaban J connectivity index is 1.41. The van der Waals surface area contributed by atoms with Crippen molar-refractivity contribution in [2.45, 2.75) is 63.7 Å². The van der Waals surface area contributed by atoms with Crippen LogP contribution >= 0.6 is 0 Å². The molecule has 2 N–H and O–H groups in total. The highest BCUT2D eigenvalue weighted by atomic mass is 16.5. The summed E-state index contributed by atoms with van der Waals surface area (Å²) >= 11 is 0. The maximum atomic E-state index is 12.2. The number of rotatable bonds is 7. The second-order valence-corrected chi connectivity index (χ2v) is 7.46. The Morgan fingerprint density at radius 3 is 2.48 bits per heavy atom. The second-order valence-electron chi connectivity index (χ2n) is 7.46. The zero-order valence-electron chi connectivity index (χ0n) is 16.6. The molecular formula is C21H28N2O6. The van der Waals surface area contributed by atoms with Gasteiger partial charge in [-0.15, -0.1) is 0 Å². The summed E-state index contributed by atoms with van der Waals surface area (Å²) in [5, 5.41) is 4.97. The van der Waals surface area contributed by atoms with Gasteiger partial charge in [0.05, 0.1) is 11.7 Å². The van der Waals surface area contributed by atoms with Gasteiger partial charge >= 0.3 is 12.0 Å². The molecule has 1 aliphatic heterocycles. The van der Waals surface area contributed by atoms with Crippen LogP contribution in [0.4, 0.5) is 4.79 Å². The van der Waals surface area contributed by atoms with Crippen molar-refractivity contribution in [3.8, 4) is 5.75 Å². The van der Waals surface area contributed by atoms with Gasteiger partial charge in [0.25, 0.3) is 5.91 Å². The topological polar surface area (TPSA) is 103 Å². The maximum absolute atomic E-state index is 12.2. The highest BCUT2D eigenvalue weighted by Gasteiger charge is 2.23. The lowest BCUT2D eigenvalue weighted by molar-refractivity contribution is -0.127. The molecular weight excluding hydrogens is 376 g/mol. The largest absolute Gasteiger partial charge is 0.491 e. The van der Waals surface area contributed by atoms with Gasteiger partial charge in [0.15, 0.2) is 6.10 Å². The summed E-state index contributed by atoms with van der Waals surface area (Å²) < 4.78 is 16.3. The first-order chi connectivity index (χ1) is 14.0. The number of ether oxygens (including phenoxy) is 3. The molecule has 0 radical (unpaired) electrons. The van der Waals surface area contributed by atoms with Gasteiger partial charge < -0.3 is 19.5 Å². The Morgan fingerprint density at radius 2 is 1.83 bits per heavy atom. The van der Waals surface area contributed by atoms with Gasteiger partial charge in [0, 0.05) is 12.6 Å². The Bertz CT molecular complexity index is 708. The molecule has 2 aliphatic rings. The molecule has 158 valence electrons. The van der Waals surface area contributed by atoms with Crippen molar-refractivity contribution in [3.05, 3.63) is 29.8 Å². The molecule has 8 nitrogen and oxygen atoms in total. The zero-order valence-corrected chi connectivity index (χ0v) is 16.6. The number of hydrogen-bond donors (Lipinski definition) is 2. The molecule has 3 amide bonds. The Hall–Kier alpha value is -2.61. The molecule has 1 saturated heterocycles. The third-order valence-corrected chi connectivity index (χ3v) is 5.13. The molecule has 1 aromatic rings. The average molecular weight is 404 g/mol. The number of benzene rings is 1. The third-order valence-electron chi connectivity index (χ3n) is 5.13. The summed E-state index contributed by atoms with van der Waals surface area (Å²) in [6.07, 6.45) is 5.04. The third kappa shape index (κ3) is 6.45. The van der Waals surface area contributed by atoms with E-state index in [4.69, 9.17) is 14.2 Å². The lowest BCUT2D eigenvalue weighted by Gasteiger charge is -2.16. The van der Waals surface area contributed by atoms with Crippen LogP contribution in [0.25, 0.3) is 0 Å². The molecule has 2 atom stereocenters. The van der Waals surface area contributed by atoms with Crippen LogP contribution in [0.2, 0.25) is 0 Å². The van der Waals surface area contributed by atoms with Crippen LogP contribution in [0.15, 0.2) is 24.3 Å². The fraction of sp³-hybridized carbons (Fsp3) is 0.571. The number of esters is 1. The molecule has 1 aromatic carbocycles. The molecule has 0 aromatic heterocycles. The van der Waals surface area contributed by atoms with Crippen molar-refractivity contribution in [1.82, 2.24) is 10.6 Å². The van der Waals surface area contributed by atoms with Crippen molar-refractivity contribution in [2.24, 2.45) is 0 Å². The van der Waals surface area contributed by atoms with E-state index >= 15 is 0 Å². The van der Waals surface area contributed by atoms with Gasteiger partial charge in [-0.3, -0.25) is 10.1 Å². The van der Waals surface area contributed by atoms with Gasteiger partial charge in [0.1, 0.15) is 12.4 Å². The quantitative estimate of drug-likeness (QED) is 0.677. The first-order valence-corrected chi connectivity index (χ1v) is 10.2. The van der Waals surface area contributed by atoms with Crippen molar-refractivity contribution in [2.75, 3.05) is 13.2 Å². The molecule has 1 aliphatic carbocycles. The van der Waals surface area contributed by atoms with E-state index in [0.29, 0.717) is 17.9 Å². The molecule has 3 rings (SSSR count). The van der Waals surface area contributed by atoms with E-state index in [-0.39, 0.29) is 12.1 Å². The van der Waals surface area contributed by atoms with Gasteiger partial charge in [-0.1, -0.05) is 12.8 Å². The van der Waals surface area contributed by atoms with E-state index in [9.17, 15) is 14.4 Å². The number of amides is 3. The second kappa shape index (κ2) is 10.2. The van der Waals surface area contributed by atoms with Gasteiger partial charge in [-0.05, 0) is 56.9 Å². The predicted octanol–water partition coefficient (Wildman–Crippen LogP) is 2.56. The molecule has 0 unspecified atom stereocenters. The summed E-state index contributed by atoms with van der Waals surface area (Å²) in [6, 6.07) is 6.03. The number of hydrogen-bond acceptors (Lipinski definition) is 6. The maximum Gasteiger partial charge on any atom is 0.338 e. The van der Waals surface area contributed by atoms with Crippen molar-refractivity contribution < 1.29 is 28.6 Å². The van der Waals surface area contributed by atoms with E-state index in [0.717, 1.165) is 45.1 Å². The highest BCUT2D eigenvalue weighted by Crippen LogP contribution is 2.18. The minimum atomic E-state index is -1.09. The van der Waals surface area contributed by atoms with Crippen molar-refractivity contribution in [3.63, 3.8) is 0 Å². The summed E-state index contributed by atoms with van der Waals surface area (Å²) in [4.78, 5) is 36.2. The number of carbonyl (C=O) groups excluding carboxylic acids is 3. The first-order valence-electron chi connectivity index (χ1n) is 10.2. The highest BCUT2D eigenvalue weighted by molar-refractivity contribution is 5.98. The lowest BCUT2D eigenvalue weighted by Crippen LogP contribution is -2.47. The summed E-state index contributed by atoms with van der Waals surface area (Å²) in [5.74, 6) is -0.675. The number of nitrogens with one attached hydrogen (secondary N) is 2. The number of carbonyl (C=O) groups is 3. The molecule has 1 heterocycles. The summed E-state index contributed by atoms with van der Waals surface area (Å²) in [5.41, 5.74) is 0.296. The van der Waals surface area contributed by atoms with Crippen LogP contribution in [0.3, 0.4) is 0 Å². The summed E-state index contributed by atoms with van der Waals surface area (Å²) in [7, 11) is 0. The average Bonchev–Trinajstić information content (AvgIpc) is 3.40. The van der Waals surface area contributed by atoms with Crippen molar-refractivity contribution in [1.29, 1.82) is 0 Å². The van der Waals surface area contributed by atoms with E-state index in [1.807, 2.05) is 0 Å². The minimum absolute atomic E-state index is 0.0987. The predicted molar refractivity (Wildman–Crippen MR) is 105 cm³/mol. The number of urea groups is 1. The Morgan fingerprint density at radius 1 is 1.10 bits per heavy atom. The number of imide groups is 1. The molecule has 29 heavy (non-hydrogen) atoms. The van der Waals surface area contributed by atoms with Crippen LogP contribution in [-0.2, 0) is 14.3 Å². The normalized spacial score (nSPS) is 20.1. The molecule has 1 saturated carbocycles. The van der Waals surface area contributed by atoms with Gasteiger partial charge in [-0.25, -0.2) is 9.59 Å². The molecule has 0 bridgehead atoms. The zero-order chi connectivity index (χ0) is 20.6. The SMILES string of the molecule is C[C@@H](OC(=O)c1ccc(OC[C@@H]2CCCO2)cc1)C(=O)NC(=O)NC1CCCC1. The van der Waals surface area contributed by atoms with Gasteiger partial charge in [-0.2, -0.15) is 0 Å². The van der Waals surface area contributed by atoms with Gasteiger partial charge in [0.2, 0.25) is 0 Å². The standard InChI is InChI=1S/C21H28N2O6/c1-14(19(24)23-21(26)22-16-5-2-3-6-16)29-20(25)15-8-10-17(11-9-15)28-13-18-7-4-12-27-18/h8-11,14,16,18H,2-7,12-13H2,1H3,(H2,22,23,24,26)/t14-,18+/m1/s1. The van der Waals surface area contributed by atoms with E-state index in [1.54, 1.807) is 24.3 Å². The van der Waals surface area contributed by atoms with Crippen LogP contribution in [0.5, 0.6) is 5.75 Å². The Kier molecular flexibility index (Phi) is 7.46. The minimum Gasteiger partial charge on any atom is -0.491 e. The summed E-state index contributed by atoms with van der Waals surface area (Å²) in [6.45, 7) is 2.67. The van der Waals surface area contributed by atoms with E-state index in [2.05, 4.69) is 10.6 Å². The van der Waals surface area contributed by atoms with Crippen LogP contribution in [0, 0.1) is 0 Å². The van der Waals surface area contributed by atoms with Crippen LogP contribution in [0.1, 0.15) is 55.8 Å². The Labute approximate surface area is 170 Å². The fourth-order valence-corrected chi connectivity index (χ4v) is 3.44. The monoisotopic (exact) mass is 404 g/mol.